The van der Waals surface area contributed by atoms with Crippen molar-refractivity contribution in [2.24, 2.45) is 0 Å². The molecule has 1 N–H and O–H groups in total. The summed E-state index contributed by atoms with van der Waals surface area (Å²) >= 11 is 0. The largest absolute Gasteiger partial charge is 0.393 e. The number of hydrogen-bond acceptors (Lipinski definition) is 1. The third-order valence-electron chi connectivity index (χ3n) is 3.37. The Hall–Kier alpha value is -0.863. The Labute approximate surface area is 113 Å². The van der Waals surface area contributed by atoms with E-state index in [0.29, 0.717) is 0 Å². The van der Waals surface area contributed by atoms with Crippen LogP contribution in [0.15, 0.2) is 30.8 Å². The predicted octanol–water partition coefficient (Wildman–Crippen LogP) is 3.80. The zero-order valence-corrected chi connectivity index (χ0v) is 13.2. The van der Waals surface area contributed by atoms with Crippen LogP contribution >= 0.6 is 0 Å². The Bertz CT molecular complexity index is 404. The smallest absolute Gasteiger partial charge is 0.0783 e. The molecule has 0 aliphatic carbocycles. The normalized spacial score (nSPS) is 13.4. The van der Waals surface area contributed by atoms with E-state index >= 15 is 0 Å². The highest BCUT2D eigenvalue weighted by atomic mass is 28.3. The molecule has 0 fully saturated rings. The van der Waals surface area contributed by atoms with Gasteiger partial charge in [0.25, 0.3) is 0 Å². The van der Waals surface area contributed by atoms with Crippen molar-refractivity contribution in [2.75, 3.05) is 0 Å². The lowest BCUT2D eigenvalue weighted by atomic mass is 10.0. The van der Waals surface area contributed by atoms with Crippen molar-refractivity contribution in [1.82, 2.24) is 0 Å². The number of allylic oxidation sites excluding steroid dienone is 1. The lowest BCUT2D eigenvalue weighted by molar-refractivity contribution is 0.162. The monoisotopic (exact) mass is 262 g/mol. The van der Waals surface area contributed by atoms with E-state index in [9.17, 15) is 5.11 Å². The van der Waals surface area contributed by atoms with Crippen LogP contribution in [0.1, 0.15) is 31.7 Å². The molecular formula is C16H26OSi. The van der Waals surface area contributed by atoms with E-state index in [-0.39, 0.29) is 6.10 Å². The molecule has 1 rings (SSSR count). The van der Waals surface area contributed by atoms with Crippen LogP contribution in [0, 0.1) is 0 Å². The van der Waals surface area contributed by atoms with Crippen molar-refractivity contribution in [3.05, 3.63) is 36.4 Å². The van der Waals surface area contributed by atoms with Crippen LogP contribution in [-0.2, 0) is 0 Å². The number of rotatable bonds is 6. The summed E-state index contributed by atoms with van der Waals surface area (Å²) in [7, 11) is -1.33. The van der Waals surface area contributed by atoms with Gasteiger partial charge in [-0.2, -0.15) is 0 Å². The van der Waals surface area contributed by atoms with Crippen LogP contribution in [0.2, 0.25) is 19.6 Å². The Balaban J connectivity index is 2.86. The van der Waals surface area contributed by atoms with Crippen molar-refractivity contribution >= 4 is 18.8 Å². The average molecular weight is 262 g/mol. The second kappa shape index (κ2) is 6.35. The van der Waals surface area contributed by atoms with E-state index in [2.05, 4.69) is 50.5 Å². The van der Waals surface area contributed by atoms with E-state index in [4.69, 9.17) is 0 Å². The Morgan fingerprint density at radius 1 is 1.28 bits per heavy atom. The Morgan fingerprint density at radius 2 is 1.89 bits per heavy atom. The maximum absolute atomic E-state index is 9.65. The van der Waals surface area contributed by atoms with E-state index in [1.54, 1.807) is 0 Å². The summed E-state index contributed by atoms with van der Waals surface area (Å²) < 4.78 is 0. The van der Waals surface area contributed by atoms with Crippen molar-refractivity contribution < 1.29 is 5.11 Å². The van der Waals surface area contributed by atoms with Crippen molar-refractivity contribution in [3.8, 4) is 0 Å². The number of aliphatic hydroxyl groups excluding tert-OH is 1. The number of hydrogen-bond donors (Lipinski definition) is 1. The molecule has 1 aromatic rings. The first-order chi connectivity index (χ1) is 8.36. The summed E-state index contributed by atoms with van der Waals surface area (Å²) in [6.07, 6.45) is 2.33. The summed E-state index contributed by atoms with van der Waals surface area (Å²) in [6, 6.07) is 8.61. The zero-order valence-electron chi connectivity index (χ0n) is 12.2. The number of benzene rings is 1. The topological polar surface area (TPSA) is 20.2 Å². The maximum Gasteiger partial charge on any atom is 0.0783 e. The fourth-order valence-electron chi connectivity index (χ4n) is 2.13. The van der Waals surface area contributed by atoms with Crippen molar-refractivity contribution in [2.45, 2.75) is 51.9 Å². The molecule has 1 aromatic carbocycles. The molecule has 1 atom stereocenters. The van der Waals surface area contributed by atoms with Gasteiger partial charge in [-0.25, -0.2) is 0 Å². The molecule has 0 radical (unpaired) electrons. The fraction of sp³-hybridized carbons (Fsp3) is 0.500. The van der Waals surface area contributed by atoms with Crippen molar-refractivity contribution in [3.63, 3.8) is 0 Å². The van der Waals surface area contributed by atoms with Gasteiger partial charge in [-0.3, -0.25) is 0 Å². The highest BCUT2D eigenvalue weighted by molar-refractivity contribution is 6.89. The molecule has 0 aliphatic rings. The van der Waals surface area contributed by atoms with E-state index < -0.39 is 8.07 Å². The van der Waals surface area contributed by atoms with Crippen LogP contribution in [0.25, 0.3) is 5.57 Å². The molecule has 0 spiro atoms. The highest BCUT2D eigenvalue weighted by Crippen LogP contribution is 2.20. The first kappa shape index (κ1) is 15.2. The first-order valence-electron chi connectivity index (χ1n) is 6.82. The van der Waals surface area contributed by atoms with Crippen LogP contribution in [0.4, 0.5) is 0 Å². The minimum Gasteiger partial charge on any atom is -0.393 e. The van der Waals surface area contributed by atoms with Gasteiger partial charge in [-0.15, -0.1) is 0 Å². The van der Waals surface area contributed by atoms with Gasteiger partial charge < -0.3 is 5.11 Å². The maximum atomic E-state index is 9.65. The molecule has 0 bridgehead atoms. The predicted molar refractivity (Wildman–Crippen MR) is 84.0 cm³/mol. The average Bonchev–Trinajstić information content (AvgIpc) is 2.34. The van der Waals surface area contributed by atoms with Gasteiger partial charge >= 0.3 is 0 Å². The minimum atomic E-state index is -1.33. The van der Waals surface area contributed by atoms with Crippen LogP contribution in [0.3, 0.4) is 0 Å². The summed E-state index contributed by atoms with van der Waals surface area (Å²) in [5.41, 5.74) is 2.47. The Morgan fingerprint density at radius 3 is 2.44 bits per heavy atom. The molecule has 0 saturated carbocycles. The molecule has 100 valence electrons. The van der Waals surface area contributed by atoms with Gasteiger partial charge in [0.05, 0.1) is 14.2 Å². The molecule has 18 heavy (non-hydrogen) atoms. The minimum absolute atomic E-state index is 0.194. The third-order valence-corrected chi connectivity index (χ3v) is 5.42. The third kappa shape index (κ3) is 4.11. The van der Waals surface area contributed by atoms with Crippen LogP contribution in [0.5, 0.6) is 0 Å². The van der Waals surface area contributed by atoms with Gasteiger partial charge in [0.1, 0.15) is 0 Å². The fourth-order valence-corrected chi connectivity index (χ4v) is 3.79. The summed E-state index contributed by atoms with van der Waals surface area (Å²) in [5.74, 6) is 0. The molecule has 1 nitrogen and oxygen atoms in total. The first-order valence-corrected chi connectivity index (χ1v) is 10.3. The highest BCUT2D eigenvalue weighted by Gasteiger charge is 2.20. The van der Waals surface area contributed by atoms with E-state index in [1.807, 2.05) is 6.92 Å². The number of aliphatic hydroxyl groups is 1. The second-order valence-corrected chi connectivity index (χ2v) is 11.0. The lowest BCUT2D eigenvalue weighted by Gasteiger charge is -2.22. The molecular weight excluding hydrogens is 236 g/mol. The Kier molecular flexibility index (Phi) is 5.36. The van der Waals surface area contributed by atoms with Gasteiger partial charge in [-0.1, -0.05) is 62.6 Å². The van der Waals surface area contributed by atoms with E-state index in [0.717, 1.165) is 19.3 Å². The van der Waals surface area contributed by atoms with Gasteiger partial charge in [0, 0.05) is 0 Å². The van der Waals surface area contributed by atoms with Gasteiger partial charge in [-0.05, 0) is 30.4 Å². The van der Waals surface area contributed by atoms with Crippen LogP contribution < -0.4 is 5.19 Å². The van der Waals surface area contributed by atoms with Gasteiger partial charge in [0.15, 0.2) is 0 Å². The summed E-state index contributed by atoms with van der Waals surface area (Å²) in [4.78, 5) is 0. The zero-order chi connectivity index (χ0) is 13.8. The molecule has 2 heteroatoms. The van der Waals surface area contributed by atoms with Crippen LogP contribution in [-0.4, -0.2) is 19.3 Å². The molecule has 0 aromatic heterocycles. The van der Waals surface area contributed by atoms with Crippen molar-refractivity contribution in [1.29, 1.82) is 0 Å². The SMILES string of the molecule is C=C(CCC(O)CC)c1ccccc1[Si](C)(C)C. The summed E-state index contributed by atoms with van der Waals surface area (Å²) in [6.45, 7) is 13.3. The lowest BCUT2D eigenvalue weighted by Crippen LogP contribution is -2.39. The van der Waals surface area contributed by atoms with E-state index in [1.165, 1.54) is 16.3 Å². The second-order valence-electron chi connectivity index (χ2n) is 6.00. The molecule has 1 unspecified atom stereocenters. The van der Waals surface area contributed by atoms with Gasteiger partial charge in [0.2, 0.25) is 0 Å². The standard InChI is InChI=1S/C16H26OSi/c1-6-14(17)12-11-13(2)15-9-7-8-10-16(15)18(3,4)5/h7-10,14,17H,2,6,11-12H2,1,3-5H3. The quantitative estimate of drug-likeness (QED) is 0.773. The molecule has 0 aliphatic heterocycles. The molecule has 0 amide bonds. The summed E-state index contributed by atoms with van der Waals surface area (Å²) in [5, 5.41) is 11.1. The molecule has 0 heterocycles. The molecule has 0 saturated heterocycles.